The number of carbonyl (C=O) groups excluding carboxylic acids is 4. The molecule has 2 aromatic carbocycles. The van der Waals surface area contributed by atoms with Crippen LogP contribution in [0.25, 0.3) is 11.3 Å². The molecule has 2 aliphatic heterocycles. The number of nitrogens with zero attached hydrogens (tertiary/aromatic N) is 6. The van der Waals surface area contributed by atoms with Crippen LogP contribution >= 0.6 is 12.2 Å². The number of carbonyl (C=O) groups is 4. The van der Waals surface area contributed by atoms with Gasteiger partial charge in [0.2, 0.25) is 23.6 Å². The second kappa shape index (κ2) is 20.5. The first-order valence-corrected chi connectivity index (χ1v) is 21.8. The van der Waals surface area contributed by atoms with Crippen LogP contribution in [0.1, 0.15) is 70.6 Å². The zero-order chi connectivity index (χ0) is 48.8. The molecule has 2 aromatic heterocycles. The maximum Gasteiger partial charge on any atom is 0.420 e. The number of nitrogens with one attached hydrogen (secondary N) is 2. The average Bonchev–Trinajstić information content (AvgIpc) is 3.76. The number of rotatable bonds is 16. The molecular weight excluding hydrogens is 897 g/mol. The summed E-state index contributed by atoms with van der Waals surface area (Å²) in [6.45, 7) is 8.84. The van der Waals surface area contributed by atoms with Crippen LogP contribution in [0.4, 0.5) is 28.9 Å². The summed E-state index contributed by atoms with van der Waals surface area (Å²) in [5.74, 6) is -3.60. The van der Waals surface area contributed by atoms with Crippen molar-refractivity contribution >= 4 is 52.3 Å². The highest BCUT2D eigenvalue weighted by Crippen LogP contribution is 2.42. The number of β-amino-alcohol motifs (C(OH)–C–C–N with tert-alkyl or cyclic N) is 1. The fraction of sp³-hybridized carbons (Fsp3) is 0.404. The second-order valence-electron chi connectivity index (χ2n) is 17.6. The van der Waals surface area contributed by atoms with Gasteiger partial charge >= 0.3 is 6.18 Å². The Bertz CT molecular complexity index is 2520. The number of amides is 4. The molecule has 67 heavy (non-hydrogen) atoms. The molecule has 0 saturated carbocycles. The zero-order valence-electron chi connectivity index (χ0n) is 37.4. The van der Waals surface area contributed by atoms with Crippen molar-refractivity contribution in [2.24, 2.45) is 5.41 Å². The Morgan fingerprint density at radius 1 is 1.00 bits per heavy atom. The number of likely N-dealkylation sites (tertiary alicyclic amines) is 1. The van der Waals surface area contributed by atoms with Gasteiger partial charge in [-0.2, -0.15) is 18.4 Å². The number of aliphatic hydroxyl groups excluding tert-OH is 1. The molecule has 6 rings (SSSR count). The molecule has 3 atom stereocenters. The lowest BCUT2D eigenvalue weighted by molar-refractivity contribution is -0.144. The number of nitriles is 1. The van der Waals surface area contributed by atoms with Crippen molar-refractivity contribution in [3.8, 4) is 23.2 Å². The highest BCUT2D eigenvalue weighted by molar-refractivity contribution is 7.81. The van der Waals surface area contributed by atoms with E-state index < -0.39 is 75.7 Å². The summed E-state index contributed by atoms with van der Waals surface area (Å²) in [7, 11) is 0. The van der Waals surface area contributed by atoms with Gasteiger partial charge in [-0.15, -0.1) is 0 Å². The summed E-state index contributed by atoms with van der Waals surface area (Å²) in [6.07, 6.45) is -1.92. The lowest BCUT2D eigenvalue weighted by Gasteiger charge is -2.35. The molecule has 354 valence electrons. The van der Waals surface area contributed by atoms with Crippen LogP contribution in [0.2, 0.25) is 0 Å². The first-order valence-electron chi connectivity index (χ1n) is 21.3. The lowest BCUT2D eigenvalue weighted by Crippen LogP contribution is -2.58. The van der Waals surface area contributed by atoms with Crippen molar-refractivity contribution in [1.82, 2.24) is 25.5 Å². The summed E-state index contributed by atoms with van der Waals surface area (Å²) in [5, 5.41) is 24.9. The number of thiocarbonyl (C=S) groups is 1. The number of hydrogen-bond acceptors (Lipinski definition) is 11. The Hall–Kier alpha value is -6.56. The number of halogens is 4. The van der Waals surface area contributed by atoms with E-state index in [0.29, 0.717) is 47.2 Å². The van der Waals surface area contributed by atoms with Gasteiger partial charge in [0, 0.05) is 43.9 Å². The number of pyridine rings is 2. The summed E-state index contributed by atoms with van der Waals surface area (Å²) >= 11 is 5.52. The number of benzene rings is 2. The number of hydrogen-bond donors (Lipinski definition) is 3. The van der Waals surface area contributed by atoms with Gasteiger partial charge in [-0.1, -0.05) is 51.1 Å². The number of anilines is 2. The average molecular weight is 947 g/mol. The predicted molar refractivity (Wildman–Crippen MR) is 242 cm³/mol. The molecule has 0 spiro atoms. The van der Waals surface area contributed by atoms with Crippen molar-refractivity contribution in [2.45, 2.75) is 90.3 Å². The maximum atomic E-state index is 15.4. The number of ether oxygens (including phenoxy) is 2. The second-order valence-corrected chi connectivity index (χ2v) is 18.0. The molecule has 20 heteroatoms. The van der Waals surface area contributed by atoms with Gasteiger partial charge < -0.3 is 35.0 Å². The summed E-state index contributed by atoms with van der Waals surface area (Å²) in [4.78, 5) is 65.7. The minimum Gasteiger partial charge on any atom is -0.478 e. The topological polar surface area (TPSA) is 190 Å². The van der Waals surface area contributed by atoms with Gasteiger partial charge in [0.15, 0.2) is 10.9 Å². The van der Waals surface area contributed by atoms with Crippen LogP contribution in [-0.2, 0) is 36.6 Å². The molecule has 0 radical (unpaired) electrons. The minimum atomic E-state index is -5.20. The van der Waals surface area contributed by atoms with Crippen molar-refractivity contribution in [1.29, 1.82) is 5.26 Å². The molecule has 2 fully saturated rings. The predicted octanol–water partition coefficient (Wildman–Crippen LogP) is 6.07. The van der Waals surface area contributed by atoms with E-state index in [0.717, 1.165) is 17.7 Å². The molecular formula is C47H50F4N8O7S. The smallest absolute Gasteiger partial charge is 0.420 e. The van der Waals surface area contributed by atoms with Crippen molar-refractivity contribution in [3.63, 3.8) is 0 Å². The van der Waals surface area contributed by atoms with E-state index >= 15 is 4.39 Å². The van der Waals surface area contributed by atoms with E-state index in [2.05, 4.69) is 20.6 Å². The maximum absolute atomic E-state index is 15.4. The Kier molecular flexibility index (Phi) is 15.3. The Morgan fingerprint density at radius 2 is 1.72 bits per heavy atom. The number of unbranched alkanes of at least 4 members (excludes halogenated alkanes) is 1. The summed E-state index contributed by atoms with van der Waals surface area (Å²) in [5.41, 5.74) is -3.31. The molecule has 15 nitrogen and oxygen atoms in total. The Labute approximate surface area is 390 Å². The first-order chi connectivity index (χ1) is 31.6. The minimum absolute atomic E-state index is 0.0349. The lowest BCUT2D eigenvalue weighted by atomic mass is 9.85. The summed E-state index contributed by atoms with van der Waals surface area (Å²) < 4.78 is 68.0. The third-order valence-corrected chi connectivity index (χ3v) is 11.6. The van der Waals surface area contributed by atoms with Gasteiger partial charge in [-0.3, -0.25) is 29.1 Å². The Morgan fingerprint density at radius 3 is 2.34 bits per heavy atom. The molecule has 2 saturated heterocycles. The molecule has 4 aromatic rings. The van der Waals surface area contributed by atoms with Gasteiger partial charge in [0.05, 0.1) is 47.6 Å². The van der Waals surface area contributed by atoms with E-state index in [-0.39, 0.29) is 43.7 Å². The molecule has 4 heterocycles. The Balaban J connectivity index is 0.953. The van der Waals surface area contributed by atoms with Gasteiger partial charge in [-0.05, 0) is 80.2 Å². The van der Waals surface area contributed by atoms with E-state index in [9.17, 15) is 37.5 Å². The highest BCUT2D eigenvalue weighted by atomic mass is 32.1. The van der Waals surface area contributed by atoms with Crippen molar-refractivity contribution in [2.75, 3.05) is 36.2 Å². The van der Waals surface area contributed by atoms with E-state index in [1.165, 1.54) is 35.9 Å². The number of aliphatic hydroxyl groups is 1. The molecule has 0 aliphatic carbocycles. The molecule has 0 bridgehead atoms. The highest BCUT2D eigenvalue weighted by Gasteiger charge is 2.52. The van der Waals surface area contributed by atoms with Crippen LogP contribution in [0.3, 0.4) is 0 Å². The van der Waals surface area contributed by atoms with Crippen LogP contribution in [-0.4, -0.2) is 98.8 Å². The van der Waals surface area contributed by atoms with Gasteiger partial charge in [0.25, 0.3) is 5.91 Å². The third kappa shape index (κ3) is 11.4. The third-order valence-electron chi connectivity index (χ3n) is 11.2. The number of alkyl halides is 3. The number of aromatic nitrogens is 2. The standard InChI is InChI=1S/C47H50F4N8O7S/c1-45(2,3)40(42(63)57-26-32(60)21-35(57)41(62)55-23-28-11-7-6-8-12-28)56-36(61)27-65-19-9-10-20-66-37-18-14-30(24-54-37)33-16-15-31(25-53-33)59-44(67)58(43(64)46(59,4)5)34-17-13-29(22-52)38(39(34)48)47(49,50)51/h6-8,11-18,24-25,32,35,40,60H,9-10,19-21,23,26-27H2,1-5H3,(H,55,62)(H,56,61)/t32-,35+,40-/m1/s1. The van der Waals surface area contributed by atoms with Gasteiger partial charge in [0.1, 0.15) is 29.8 Å². The van der Waals surface area contributed by atoms with Crippen LogP contribution in [0.15, 0.2) is 79.1 Å². The van der Waals surface area contributed by atoms with Crippen LogP contribution in [0, 0.1) is 22.6 Å². The van der Waals surface area contributed by atoms with E-state index in [4.69, 9.17) is 27.0 Å². The fourth-order valence-electron chi connectivity index (χ4n) is 7.73. The zero-order valence-corrected chi connectivity index (χ0v) is 38.2. The van der Waals surface area contributed by atoms with Crippen LogP contribution < -0.4 is 25.2 Å². The van der Waals surface area contributed by atoms with Crippen LogP contribution in [0.5, 0.6) is 5.88 Å². The van der Waals surface area contributed by atoms with Gasteiger partial charge in [-0.25, -0.2) is 9.37 Å². The summed E-state index contributed by atoms with van der Waals surface area (Å²) in [6, 6.07) is 17.1. The molecule has 0 unspecified atom stereocenters. The monoisotopic (exact) mass is 946 g/mol. The van der Waals surface area contributed by atoms with E-state index in [1.807, 2.05) is 30.3 Å². The molecule has 2 aliphatic rings. The molecule has 4 amide bonds. The quantitative estimate of drug-likeness (QED) is 0.0669. The first kappa shape index (κ1) is 49.9. The van der Waals surface area contributed by atoms with Crippen molar-refractivity contribution in [3.05, 3.63) is 102 Å². The normalized spacial score (nSPS) is 17.6. The van der Waals surface area contributed by atoms with E-state index in [1.54, 1.807) is 51.2 Å². The fourth-order valence-corrected chi connectivity index (χ4v) is 8.24. The van der Waals surface area contributed by atoms with Crippen molar-refractivity contribution < 1.29 is 51.3 Å². The SMILES string of the molecule is CC(C)(C)[C@H](NC(=O)COCCCCOc1ccc(-c2ccc(N3C(=S)N(c4ccc(C#N)c(C(F)(F)F)c4F)C(=O)C3(C)C)cn2)cn1)C(=O)N1C[C@H](O)C[C@H]1C(=O)NCc1ccccc1. The largest absolute Gasteiger partial charge is 0.478 e. The molecule has 3 N–H and O–H groups in total.